The third kappa shape index (κ3) is 33.6. The third-order valence-corrected chi connectivity index (χ3v) is 12.5. The van der Waals surface area contributed by atoms with Gasteiger partial charge in [0.05, 0.1) is 19.8 Å². The molecule has 6 heteroatoms. The van der Waals surface area contributed by atoms with Crippen LogP contribution >= 0.6 is 0 Å². The maximum absolute atomic E-state index is 12.6. The smallest absolute Gasteiger partial charge is 0.466 e. The molecule has 0 radical (unpaired) electrons. The zero-order valence-corrected chi connectivity index (χ0v) is 38.1. The topological polar surface area (TPSA) is 73.9 Å². The van der Waals surface area contributed by atoms with Crippen LogP contribution in [0.5, 0.6) is 0 Å². The summed E-state index contributed by atoms with van der Waals surface area (Å²) >= 11 is 0. The van der Waals surface area contributed by atoms with E-state index in [1.165, 1.54) is 180 Å². The van der Waals surface area contributed by atoms with Crippen molar-refractivity contribution >= 4 is 12.1 Å². The first-order chi connectivity index (χ1) is 27.5. The fourth-order valence-corrected chi connectivity index (χ4v) is 8.52. The summed E-state index contributed by atoms with van der Waals surface area (Å²) in [7, 11) is 0. The van der Waals surface area contributed by atoms with Gasteiger partial charge in [-0.25, -0.2) is 4.79 Å². The van der Waals surface area contributed by atoms with E-state index in [9.17, 15) is 9.59 Å². The van der Waals surface area contributed by atoms with Crippen molar-refractivity contribution in [2.75, 3.05) is 26.4 Å². The van der Waals surface area contributed by atoms with Gasteiger partial charge in [-0.15, -0.1) is 0 Å². The minimum atomic E-state index is -0.480. The molecule has 0 aliphatic heterocycles. The molecule has 0 aromatic rings. The van der Waals surface area contributed by atoms with E-state index in [1.807, 2.05) is 0 Å². The number of carbonyl (C=O) groups is 2. The first-order valence-electron chi connectivity index (χ1n) is 25.2. The van der Waals surface area contributed by atoms with Crippen LogP contribution in [0.25, 0.3) is 0 Å². The fraction of sp³-hybridized carbons (Fsp3) is 0.960. The van der Waals surface area contributed by atoms with Crippen LogP contribution in [0.3, 0.4) is 0 Å². The van der Waals surface area contributed by atoms with Gasteiger partial charge in [-0.05, 0) is 69.2 Å². The second kappa shape index (κ2) is 40.5. The predicted octanol–water partition coefficient (Wildman–Crippen LogP) is 15.6. The average Bonchev–Trinajstić information content (AvgIpc) is 3.18. The summed E-state index contributed by atoms with van der Waals surface area (Å²) in [5.41, 5.74) is 0. The van der Waals surface area contributed by atoms with Crippen LogP contribution in [-0.4, -0.2) is 44.5 Å². The fourth-order valence-electron chi connectivity index (χ4n) is 8.52. The summed E-state index contributed by atoms with van der Waals surface area (Å²) in [4.78, 5) is 25.0. The quantitative estimate of drug-likeness (QED) is 0.0490. The van der Waals surface area contributed by atoms with Crippen molar-refractivity contribution in [2.45, 2.75) is 265 Å². The van der Waals surface area contributed by atoms with Crippen LogP contribution in [-0.2, 0) is 19.0 Å². The van der Waals surface area contributed by atoms with Gasteiger partial charge >= 0.3 is 12.1 Å². The number of nitrogens with one attached hydrogen (secondary N) is 1. The third-order valence-electron chi connectivity index (χ3n) is 12.5. The van der Waals surface area contributed by atoms with Gasteiger partial charge in [0, 0.05) is 12.5 Å². The normalized spacial score (nSPS) is 15.4. The Balaban J connectivity index is 2.16. The molecule has 0 heterocycles. The Hall–Kier alpha value is -1.30. The highest BCUT2D eigenvalue weighted by Crippen LogP contribution is 2.28. The Morgan fingerprint density at radius 1 is 0.482 bits per heavy atom. The van der Waals surface area contributed by atoms with Crippen molar-refractivity contribution in [2.24, 2.45) is 17.8 Å². The Bertz CT molecular complexity index is 811. The molecule has 56 heavy (non-hydrogen) atoms. The molecule has 0 amide bonds. The number of ether oxygens (including phenoxy) is 3. The van der Waals surface area contributed by atoms with Crippen molar-refractivity contribution in [1.29, 1.82) is 0 Å². The van der Waals surface area contributed by atoms with Crippen molar-refractivity contribution in [1.82, 2.24) is 5.32 Å². The van der Waals surface area contributed by atoms with E-state index in [2.05, 4.69) is 33.0 Å². The minimum absolute atomic E-state index is 0.00827. The molecule has 0 saturated heterocycles. The molecule has 1 aliphatic rings. The van der Waals surface area contributed by atoms with Crippen LogP contribution in [0.15, 0.2) is 0 Å². The number of rotatable bonds is 43. The van der Waals surface area contributed by atoms with Gasteiger partial charge in [-0.2, -0.15) is 0 Å². The first kappa shape index (κ1) is 52.7. The van der Waals surface area contributed by atoms with E-state index in [1.54, 1.807) is 0 Å². The van der Waals surface area contributed by atoms with Gasteiger partial charge in [0.25, 0.3) is 0 Å². The molecule has 1 rings (SSSR count). The summed E-state index contributed by atoms with van der Waals surface area (Å²) in [6.07, 6.45) is 44.5. The molecular formula is C50H97NO5. The molecule has 1 N–H and O–H groups in total. The van der Waals surface area contributed by atoms with Gasteiger partial charge < -0.3 is 19.5 Å². The molecule has 0 atom stereocenters. The molecule has 332 valence electrons. The van der Waals surface area contributed by atoms with E-state index >= 15 is 0 Å². The maximum Gasteiger partial charge on any atom is 0.508 e. The SMILES string of the molecule is CCCCCCCCCC(CCCCCCCCC)COC(=O)OCC1CC(NCCCCOC(=O)CCC(CCCCCCCC)CCCCCCCC)C1. The second-order valence-corrected chi connectivity index (χ2v) is 18.0. The highest BCUT2D eigenvalue weighted by Gasteiger charge is 2.29. The summed E-state index contributed by atoms with van der Waals surface area (Å²) in [6.45, 7) is 11.5. The maximum atomic E-state index is 12.6. The van der Waals surface area contributed by atoms with Crippen LogP contribution in [0, 0.1) is 17.8 Å². The van der Waals surface area contributed by atoms with Gasteiger partial charge in [0.2, 0.25) is 0 Å². The van der Waals surface area contributed by atoms with Crippen molar-refractivity contribution < 1.29 is 23.8 Å². The highest BCUT2D eigenvalue weighted by molar-refractivity contribution is 5.69. The summed E-state index contributed by atoms with van der Waals surface area (Å²) < 4.78 is 16.9. The molecule has 1 saturated carbocycles. The Labute approximate surface area is 349 Å². The van der Waals surface area contributed by atoms with Gasteiger partial charge in [-0.1, -0.05) is 207 Å². The Kier molecular flexibility index (Phi) is 38.1. The van der Waals surface area contributed by atoms with E-state index in [0.717, 1.165) is 51.5 Å². The van der Waals surface area contributed by atoms with Crippen LogP contribution < -0.4 is 5.32 Å². The second-order valence-electron chi connectivity index (χ2n) is 18.0. The molecule has 1 fully saturated rings. The van der Waals surface area contributed by atoms with E-state index in [-0.39, 0.29) is 5.97 Å². The number of hydrogen-bond acceptors (Lipinski definition) is 6. The average molecular weight is 792 g/mol. The van der Waals surface area contributed by atoms with Crippen molar-refractivity contribution in [3.8, 4) is 0 Å². The largest absolute Gasteiger partial charge is 0.508 e. The number of esters is 1. The molecule has 6 nitrogen and oxygen atoms in total. The number of hydrogen-bond donors (Lipinski definition) is 1. The zero-order valence-electron chi connectivity index (χ0n) is 38.1. The molecule has 0 bridgehead atoms. The predicted molar refractivity (Wildman–Crippen MR) is 239 cm³/mol. The lowest BCUT2D eigenvalue weighted by molar-refractivity contribution is -0.144. The minimum Gasteiger partial charge on any atom is -0.466 e. The number of unbranched alkanes of at least 4 members (excludes halogenated alkanes) is 23. The first-order valence-corrected chi connectivity index (χ1v) is 25.2. The molecular weight excluding hydrogens is 695 g/mol. The summed E-state index contributed by atoms with van der Waals surface area (Å²) in [5, 5.41) is 3.64. The van der Waals surface area contributed by atoms with Crippen molar-refractivity contribution in [3.05, 3.63) is 0 Å². The monoisotopic (exact) mass is 792 g/mol. The molecule has 1 aliphatic carbocycles. The Morgan fingerprint density at radius 2 is 0.911 bits per heavy atom. The van der Waals surface area contributed by atoms with E-state index in [4.69, 9.17) is 14.2 Å². The number of carbonyl (C=O) groups excluding carboxylic acids is 2. The van der Waals surface area contributed by atoms with Crippen LogP contribution in [0.1, 0.15) is 259 Å². The molecule has 0 unspecified atom stereocenters. The summed E-state index contributed by atoms with van der Waals surface area (Å²) in [6, 6.07) is 0.491. The van der Waals surface area contributed by atoms with Gasteiger partial charge in [0.1, 0.15) is 0 Å². The lowest BCUT2D eigenvalue weighted by Gasteiger charge is -2.35. The lowest BCUT2D eigenvalue weighted by atomic mass is 9.81. The summed E-state index contributed by atoms with van der Waals surface area (Å²) in [5.74, 6) is 1.54. The zero-order chi connectivity index (χ0) is 40.6. The van der Waals surface area contributed by atoms with Gasteiger partial charge in [-0.3, -0.25) is 4.79 Å². The lowest BCUT2D eigenvalue weighted by Crippen LogP contribution is -2.43. The molecule has 0 aromatic carbocycles. The van der Waals surface area contributed by atoms with Crippen LogP contribution in [0.4, 0.5) is 4.79 Å². The highest BCUT2D eigenvalue weighted by atomic mass is 16.7. The molecule has 0 aromatic heterocycles. The van der Waals surface area contributed by atoms with Crippen molar-refractivity contribution in [3.63, 3.8) is 0 Å². The Morgan fingerprint density at radius 3 is 1.38 bits per heavy atom. The van der Waals surface area contributed by atoms with E-state index < -0.39 is 6.16 Å². The molecule has 0 spiro atoms. The van der Waals surface area contributed by atoms with E-state index in [0.29, 0.717) is 50.0 Å². The standard InChI is InChI=1S/C50H97NO5/c1-5-9-13-17-21-25-29-35-46(36-30-26-22-18-14-10-6-2)43-55-50(53)56-44-47-41-48(42-47)51-39-31-32-40-54-49(52)38-37-45(33-27-23-19-15-11-7-3)34-28-24-20-16-12-8-4/h45-48,51H,5-44H2,1-4H3. The van der Waals surface area contributed by atoms with Gasteiger partial charge in [0.15, 0.2) is 0 Å². The van der Waals surface area contributed by atoms with Crippen LogP contribution in [0.2, 0.25) is 0 Å².